The Morgan fingerprint density at radius 2 is 2.10 bits per heavy atom. The topological polar surface area (TPSA) is 55.6 Å². The van der Waals surface area contributed by atoms with E-state index in [0.717, 1.165) is 4.47 Å². The number of hydrogen-bond donors (Lipinski definition) is 1. The molecule has 0 saturated carbocycles. The van der Waals surface area contributed by atoms with Crippen LogP contribution in [0.15, 0.2) is 40.9 Å². The molecule has 0 aliphatic carbocycles. The van der Waals surface area contributed by atoms with Crippen LogP contribution in [0.4, 0.5) is 15.8 Å². The molecule has 1 aliphatic rings. The first-order chi connectivity index (χ1) is 10.0. The van der Waals surface area contributed by atoms with Gasteiger partial charge < -0.3 is 15.4 Å². The highest BCUT2D eigenvalue weighted by Crippen LogP contribution is 2.35. The monoisotopic (exact) mass is 350 g/mol. The summed E-state index contributed by atoms with van der Waals surface area (Å²) in [6.45, 7) is 0.0659. The molecule has 0 aromatic heterocycles. The number of benzene rings is 2. The van der Waals surface area contributed by atoms with Gasteiger partial charge in [0.1, 0.15) is 11.6 Å². The molecule has 1 aliphatic heterocycles. The Balaban J connectivity index is 1.98. The highest BCUT2D eigenvalue weighted by Gasteiger charge is 2.26. The van der Waals surface area contributed by atoms with Crippen molar-refractivity contribution < 1.29 is 13.9 Å². The summed E-state index contributed by atoms with van der Waals surface area (Å²) in [6.07, 6.45) is 0. The summed E-state index contributed by atoms with van der Waals surface area (Å²) in [5, 5.41) is 0. The Kier molecular flexibility index (Phi) is 3.55. The predicted molar refractivity (Wildman–Crippen MR) is 81.6 cm³/mol. The SMILES string of the molecule is Nc1ccc2c(c1)OCC(=O)N2Cc1cc(Br)ccc1F. The number of anilines is 2. The maximum atomic E-state index is 13.9. The molecule has 2 aromatic carbocycles. The van der Waals surface area contributed by atoms with Crippen LogP contribution in [0.2, 0.25) is 0 Å². The van der Waals surface area contributed by atoms with E-state index in [4.69, 9.17) is 10.5 Å². The first-order valence-electron chi connectivity index (χ1n) is 6.31. The smallest absolute Gasteiger partial charge is 0.265 e. The minimum atomic E-state index is -0.352. The maximum absolute atomic E-state index is 13.9. The number of halogens is 2. The largest absolute Gasteiger partial charge is 0.481 e. The van der Waals surface area contributed by atoms with Gasteiger partial charge in [-0.1, -0.05) is 15.9 Å². The quantitative estimate of drug-likeness (QED) is 0.846. The van der Waals surface area contributed by atoms with Crippen molar-refractivity contribution in [1.82, 2.24) is 0 Å². The second-order valence-corrected chi connectivity index (χ2v) is 5.65. The van der Waals surface area contributed by atoms with Crippen LogP contribution in [0.25, 0.3) is 0 Å². The van der Waals surface area contributed by atoms with Crippen LogP contribution in [0.3, 0.4) is 0 Å². The van der Waals surface area contributed by atoms with E-state index in [1.165, 1.54) is 11.0 Å². The fourth-order valence-corrected chi connectivity index (χ4v) is 2.64. The number of carbonyl (C=O) groups excluding carboxylic acids is 1. The minimum absolute atomic E-state index is 0.0773. The first-order valence-corrected chi connectivity index (χ1v) is 7.10. The fourth-order valence-electron chi connectivity index (χ4n) is 2.23. The average molecular weight is 351 g/mol. The standard InChI is InChI=1S/C15H12BrFN2O2/c16-10-1-3-12(17)9(5-10)7-19-13-4-2-11(18)6-14(13)21-8-15(19)20/h1-6H,7-8,18H2. The molecule has 108 valence electrons. The average Bonchev–Trinajstić information content (AvgIpc) is 2.45. The van der Waals surface area contributed by atoms with Crippen LogP contribution in [0, 0.1) is 5.82 Å². The lowest BCUT2D eigenvalue weighted by atomic mass is 10.1. The van der Waals surface area contributed by atoms with Crippen molar-refractivity contribution in [2.24, 2.45) is 0 Å². The van der Waals surface area contributed by atoms with E-state index in [0.29, 0.717) is 22.7 Å². The molecule has 0 radical (unpaired) electrons. The van der Waals surface area contributed by atoms with Crippen molar-refractivity contribution in [2.75, 3.05) is 17.2 Å². The normalized spacial score (nSPS) is 13.8. The Bertz CT molecular complexity index is 721. The number of ether oxygens (including phenoxy) is 1. The molecule has 6 heteroatoms. The van der Waals surface area contributed by atoms with Crippen LogP contribution >= 0.6 is 15.9 Å². The maximum Gasteiger partial charge on any atom is 0.265 e. The van der Waals surface area contributed by atoms with Gasteiger partial charge in [-0.05, 0) is 30.3 Å². The second-order valence-electron chi connectivity index (χ2n) is 4.73. The zero-order valence-electron chi connectivity index (χ0n) is 11.0. The number of fused-ring (bicyclic) bond motifs is 1. The van der Waals surface area contributed by atoms with Gasteiger partial charge in [0.15, 0.2) is 6.61 Å². The lowest BCUT2D eigenvalue weighted by Gasteiger charge is -2.29. The minimum Gasteiger partial charge on any atom is -0.481 e. The van der Waals surface area contributed by atoms with Crippen LogP contribution in [0.5, 0.6) is 5.75 Å². The van der Waals surface area contributed by atoms with E-state index in [9.17, 15) is 9.18 Å². The molecule has 2 aromatic rings. The van der Waals surface area contributed by atoms with Gasteiger partial charge in [0.2, 0.25) is 0 Å². The molecule has 0 spiro atoms. The summed E-state index contributed by atoms with van der Waals surface area (Å²) in [5.41, 5.74) is 7.29. The molecule has 2 N–H and O–H groups in total. The van der Waals surface area contributed by atoms with Crippen molar-refractivity contribution in [3.63, 3.8) is 0 Å². The Morgan fingerprint density at radius 3 is 2.90 bits per heavy atom. The van der Waals surface area contributed by atoms with Gasteiger partial charge in [-0.15, -0.1) is 0 Å². The van der Waals surface area contributed by atoms with Crippen LogP contribution in [-0.2, 0) is 11.3 Å². The van der Waals surface area contributed by atoms with E-state index < -0.39 is 0 Å². The number of hydrogen-bond acceptors (Lipinski definition) is 3. The number of nitrogen functional groups attached to an aromatic ring is 1. The number of nitrogens with zero attached hydrogens (tertiary/aromatic N) is 1. The van der Waals surface area contributed by atoms with Gasteiger partial charge in [0.05, 0.1) is 12.2 Å². The first kappa shape index (κ1) is 13.9. The third-order valence-corrected chi connectivity index (χ3v) is 3.76. The second kappa shape index (κ2) is 5.37. The number of rotatable bonds is 2. The number of carbonyl (C=O) groups is 1. The van der Waals surface area contributed by atoms with E-state index in [-0.39, 0.29) is 24.9 Å². The molecular formula is C15H12BrFN2O2. The van der Waals surface area contributed by atoms with Gasteiger partial charge >= 0.3 is 0 Å². The van der Waals surface area contributed by atoms with Gasteiger partial charge in [-0.3, -0.25) is 4.79 Å². The molecule has 3 rings (SSSR count). The molecule has 0 atom stereocenters. The lowest BCUT2D eigenvalue weighted by Crippen LogP contribution is -2.38. The van der Waals surface area contributed by atoms with Crippen LogP contribution < -0.4 is 15.4 Å². The summed E-state index contributed by atoms with van der Waals surface area (Å²) in [7, 11) is 0. The van der Waals surface area contributed by atoms with Gasteiger partial charge in [-0.25, -0.2) is 4.39 Å². The molecule has 1 heterocycles. The summed E-state index contributed by atoms with van der Waals surface area (Å²) in [5.74, 6) is -0.0360. The molecular weight excluding hydrogens is 339 g/mol. The van der Waals surface area contributed by atoms with Crippen molar-refractivity contribution in [2.45, 2.75) is 6.54 Å². The van der Waals surface area contributed by atoms with E-state index in [1.807, 2.05) is 0 Å². The summed E-state index contributed by atoms with van der Waals surface area (Å²) >= 11 is 3.31. The summed E-state index contributed by atoms with van der Waals surface area (Å²) < 4.78 is 20.0. The van der Waals surface area contributed by atoms with Crippen LogP contribution in [0.1, 0.15) is 5.56 Å². The molecule has 0 bridgehead atoms. The molecule has 1 amide bonds. The lowest BCUT2D eigenvalue weighted by molar-refractivity contribution is -0.121. The molecule has 4 nitrogen and oxygen atoms in total. The zero-order chi connectivity index (χ0) is 15.0. The highest BCUT2D eigenvalue weighted by atomic mass is 79.9. The van der Waals surface area contributed by atoms with Gasteiger partial charge in [0, 0.05) is 21.8 Å². The number of nitrogens with two attached hydrogens (primary N) is 1. The zero-order valence-corrected chi connectivity index (χ0v) is 12.6. The molecule has 0 fully saturated rings. The van der Waals surface area contributed by atoms with Gasteiger partial charge in [0.25, 0.3) is 5.91 Å². The third-order valence-electron chi connectivity index (χ3n) is 3.26. The van der Waals surface area contributed by atoms with E-state index >= 15 is 0 Å². The van der Waals surface area contributed by atoms with Crippen LogP contribution in [-0.4, -0.2) is 12.5 Å². The number of amides is 1. The van der Waals surface area contributed by atoms with Crippen molar-refractivity contribution in [3.8, 4) is 5.75 Å². The Hall–Kier alpha value is -2.08. The summed E-state index contributed by atoms with van der Waals surface area (Å²) in [4.78, 5) is 13.6. The third kappa shape index (κ3) is 2.71. The molecule has 0 saturated heterocycles. The Labute approximate surface area is 129 Å². The van der Waals surface area contributed by atoms with E-state index in [2.05, 4.69) is 15.9 Å². The van der Waals surface area contributed by atoms with Gasteiger partial charge in [-0.2, -0.15) is 0 Å². The summed E-state index contributed by atoms with van der Waals surface area (Å²) in [6, 6.07) is 9.70. The highest BCUT2D eigenvalue weighted by molar-refractivity contribution is 9.10. The molecule has 0 unspecified atom stereocenters. The fraction of sp³-hybridized carbons (Fsp3) is 0.133. The van der Waals surface area contributed by atoms with Crippen molar-refractivity contribution in [1.29, 1.82) is 0 Å². The Morgan fingerprint density at radius 1 is 1.29 bits per heavy atom. The predicted octanol–water partition coefficient (Wildman–Crippen LogP) is 3.10. The molecule has 21 heavy (non-hydrogen) atoms. The van der Waals surface area contributed by atoms with E-state index in [1.54, 1.807) is 30.3 Å². The van der Waals surface area contributed by atoms with Crippen molar-refractivity contribution in [3.05, 3.63) is 52.3 Å². The van der Waals surface area contributed by atoms with Crippen molar-refractivity contribution >= 4 is 33.2 Å².